The van der Waals surface area contributed by atoms with E-state index in [0.29, 0.717) is 0 Å². The van der Waals surface area contributed by atoms with Crippen LogP contribution in [-0.2, 0) is 19.7 Å². The zero-order valence-corrected chi connectivity index (χ0v) is 13.8. The molecule has 1 saturated carbocycles. The van der Waals surface area contributed by atoms with E-state index in [2.05, 4.69) is 22.6 Å². The summed E-state index contributed by atoms with van der Waals surface area (Å²) >= 11 is 2.21. The molecule has 108 valence electrons. The molecule has 0 saturated heterocycles. The molecule has 1 aliphatic rings. The maximum atomic E-state index is 12.4. The molecule has 1 unspecified atom stereocenters. The van der Waals surface area contributed by atoms with Crippen LogP contribution in [0.15, 0.2) is 24.3 Å². The first kappa shape index (κ1) is 15.5. The van der Waals surface area contributed by atoms with E-state index in [1.54, 1.807) is 0 Å². The van der Waals surface area contributed by atoms with Crippen molar-refractivity contribution in [3.05, 3.63) is 33.4 Å². The largest absolute Gasteiger partial charge is 0.468 e. The Hall–Kier alpha value is -0.910. The number of hydrogen-bond acceptors (Lipinski definition) is 3. The van der Waals surface area contributed by atoms with Crippen LogP contribution in [0.25, 0.3) is 0 Å². The van der Waals surface area contributed by atoms with Gasteiger partial charge in [0.1, 0.15) is 6.29 Å². The van der Waals surface area contributed by atoms with Gasteiger partial charge in [0.25, 0.3) is 0 Å². The second-order valence-corrected chi connectivity index (χ2v) is 6.57. The van der Waals surface area contributed by atoms with Crippen molar-refractivity contribution < 1.29 is 14.3 Å². The van der Waals surface area contributed by atoms with Crippen LogP contribution in [0.1, 0.15) is 37.7 Å². The van der Waals surface area contributed by atoms with Crippen LogP contribution in [0.5, 0.6) is 0 Å². The summed E-state index contributed by atoms with van der Waals surface area (Å²) in [5.41, 5.74) is -0.383. The number of carbonyl (C=O) groups is 2. The van der Waals surface area contributed by atoms with Gasteiger partial charge in [-0.25, -0.2) is 0 Å². The molecule has 0 aromatic heterocycles. The van der Waals surface area contributed by atoms with Crippen LogP contribution >= 0.6 is 22.6 Å². The van der Waals surface area contributed by atoms with E-state index in [1.165, 1.54) is 13.5 Å². The summed E-state index contributed by atoms with van der Waals surface area (Å²) in [4.78, 5) is 24.3. The van der Waals surface area contributed by atoms with Crippen molar-refractivity contribution in [3.8, 4) is 0 Å². The highest BCUT2D eigenvalue weighted by Crippen LogP contribution is 2.41. The summed E-state index contributed by atoms with van der Waals surface area (Å²) in [6.07, 6.45) is 5.93. The second-order valence-electron chi connectivity index (χ2n) is 5.32. The third-order valence-corrected chi connectivity index (χ3v) is 5.00. The van der Waals surface area contributed by atoms with E-state index in [-0.39, 0.29) is 5.92 Å². The van der Waals surface area contributed by atoms with Gasteiger partial charge < -0.3 is 9.53 Å². The minimum absolute atomic E-state index is 0.0428. The van der Waals surface area contributed by atoms with Gasteiger partial charge in [-0.05, 0) is 59.0 Å². The Balaban J connectivity index is 2.48. The highest BCUT2D eigenvalue weighted by atomic mass is 127. The highest BCUT2D eigenvalue weighted by molar-refractivity contribution is 14.1. The van der Waals surface area contributed by atoms with Crippen molar-refractivity contribution in [2.24, 2.45) is 5.92 Å². The number of halogens is 1. The molecule has 0 radical (unpaired) electrons. The lowest BCUT2D eigenvalue weighted by Crippen LogP contribution is -2.46. The Morgan fingerprint density at radius 3 is 2.35 bits per heavy atom. The van der Waals surface area contributed by atoms with Gasteiger partial charge >= 0.3 is 5.97 Å². The molecule has 0 spiro atoms. The fourth-order valence-electron chi connectivity index (χ4n) is 3.19. The van der Waals surface area contributed by atoms with E-state index >= 15 is 0 Å². The summed E-state index contributed by atoms with van der Waals surface area (Å²) in [6, 6.07) is 7.61. The summed E-state index contributed by atoms with van der Waals surface area (Å²) in [6.45, 7) is 0. The predicted molar refractivity (Wildman–Crippen MR) is 85.5 cm³/mol. The molecule has 0 N–H and O–H groups in total. The number of hydrogen-bond donors (Lipinski definition) is 0. The van der Waals surface area contributed by atoms with Gasteiger partial charge in [-0.2, -0.15) is 0 Å². The second kappa shape index (κ2) is 6.70. The molecule has 1 fully saturated rings. The van der Waals surface area contributed by atoms with E-state index in [4.69, 9.17) is 4.74 Å². The van der Waals surface area contributed by atoms with Crippen LogP contribution < -0.4 is 0 Å². The number of ether oxygens (including phenoxy) is 1. The van der Waals surface area contributed by atoms with Crippen LogP contribution in [0.4, 0.5) is 0 Å². The van der Waals surface area contributed by atoms with E-state index in [1.807, 2.05) is 24.3 Å². The molecule has 0 heterocycles. The molecular weight excluding hydrogens is 367 g/mol. The summed E-state index contributed by atoms with van der Waals surface area (Å²) in [5.74, 6) is -0.387. The van der Waals surface area contributed by atoms with Crippen molar-refractivity contribution in [2.45, 2.75) is 37.5 Å². The molecule has 1 aliphatic carbocycles. The topological polar surface area (TPSA) is 43.4 Å². The molecule has 3 nitrogen and oxygen atoms in total. The molecule has 1 aromatic carbocycles. The number of aldehydes is 1. The Kier molecular flexibility index (Phi) is 5.18. The van der Waals surface area contributed by atoms with E-state index in [0.717, 1.165) is 41.1 Å². The van der Waals surface area contributed by atoms with Gasteiger partial charge in [-0.1, -0.05) is 31.4 Å². The molecule has 0 aliphatic heterocycles. The average molecular weight is 386 g/mol. The third-order valence-electron chi connectivity index (χ3n) is 4.28. The van der Waals surface area contributed by atoms with Crippen molar-refractivity contribution in [1.29, 1.82) is 0 Å². The zero-order chi connectivity index (χ0) is 14.6. The van der Waals surface area contributed by atoms with Gasteiger partial charge in [-0.15, -0.1) is 0 Å². The first-order valence-electron chi connectivity index (χ1n) is 6.96. The van der Waals surface area contributed by atoms with Crippen LogP contribution in [0, 0.1) is 9.49 Å². The number of carbonyl (C=O) groups excluding carboxylic acids is 2. The SMILES string of the molecule is COC(=O)C(C=O)(c1ccc(I)cc1)C1CCCCC1. The molecule has 2 rings (SSSR count). The minimum atomic E-state index is -1.14. The lowest BCUT2D eigenvalue weighted by molar-refractivity contribution is -0.152. The maximum Gasteiger partial charge on any atom is 0.323 e. The fourth-order valence-corrected chi connectivity index (χ4v) is 3.54. The smallest absolute Gasteiger partial charge is 0.323 e. The number of rotatable bonds is 4. The lowest BCUT2D eigenvalue weighted by Gasteiger charge is -2.36. The van der Waals surface area contributed by atoms with Crippen LogP contribution in [-0.4, -0.2) is 19.4 Å². The maximum absolute atomic E-state index is 12.4. The highest BCUT2D eigenvalue weighted by Gasteiger charge is 2.48. The summed E-state index contributed by atoms with van der Waals surface area (Å²) < 4.78 is 6.06. The van der Waals surface area contributed by atoms with Crippen molar-refractivity contribution in [1.82, 2.24) is 0 Å². The molecular formula is C16H19IO3. The first-order valence-corrected chi connectivity index (χ1v) is 8.04. The zero-order valence-electron chi connectivity index (χ0n) is 11.6. The molecule has 0 bridgehead atoms. The Morgan fingerprint density at radius 2 is 1.85 bits per heavy atom. The van der Waals surface area contributed by atoms with Crippen molar-refractivity contribution in [3.63, 3.8) is 0 Å². The monoisotopic (exact) mass is 386 g/mol. The fraction of sp³-hybridized carbons (Fsp3) is 0.500. The number of methoxy groups -OCH3 is 1. The molecule has 0 amide bonds. The number of esters is 1. The molecule has 20 heavy (non-hydrogen) atoms. The lowest BCUT2D eigenvalue weighted by atomic mass is 9.66. The van der Waals surface area contributed by atoms with Crippen LogP contribution in [0.2, 0.25) is 0 Å². The summed E-state index contributed by atoms with van der Waals surface area (Å²) in [5, 5.41) is 0. The Morgan fingerprint density at radius 1 is 1.25 bits per heavy atom. The van der Waals surface area contributed by atoms with Gasteiger partial charge in [-0.3, -0.25) is 4.79 Å². The minimum Gasteiger partial charge on any atom is -0.468 e. The number of benzene rings is 1. The normalized spacial score (nSPS) is 19.1. The van der Waals surface area contributed by atoms with Gasteiger partial charge in [0.2, 0.25) is 0 Å². The predicted octanol–water partition coefficient (Wildman–Crippen LogP) is 3.48. The Bertz CT molecular complexity index is 477. The standard InChI is InChI=1S/C16H19IO3/c1-20-15(19)16(11-18,12-5-3-2-4-6-12)13-7-9-14(17)10-8-13/h7-12H,2-6H2,1H3. The van der Waals surface area contributed by atoms with Gasteiger partial charge in [0, 0.05) is 3.57 Å². The molecule has 1 aromatic rings. The van der Waals surface area contributed by atoms with Gasteiger partial charge in [0.05, 0.1) is 7.11 Å². The van der Waals surface area contributed by atoms with Crippen molar-refractivity contribution >= 4 is 34.8 Å². The molecule has 1 atom stereocenters. The molecule has 4 heteroatoms. The van der Waals surface area contributed by atoms with E-state index < -0.39 is 11.4 Å². The third kappa shape index (κ3) is 2.75. The van der Waals surface area contributed by atoms with Gasteiger partial charge in [0.15, 0.2) is 5.41 Å². The van der Waals surface area contributed by atoms with Crippen molar-refractivity contribution in [2.75, 3.05) is 7.11 Å². The average Bonchev–Trinajstić information content (AvgIpc) is 2.51. The quantitative estimate of drug-likeness (QED) is 0.345. The first-order chi connectivity index (χ1) is 9.65. The van der Waals surface area contributed by atoms with E-state index in [9.17, 15) is 9.59 Å². The van der Waals surface area contributed by atoms with Crippen LogP contribution in [0.3, 0.4) is 0 Å². The summed E-state index contributed by atoms with van der Waals surface area (Å²) in [7, 11) is 1.36. The Labute approximate surface area is 133 Å².